The largest absolute Gasteiger partial charge is 0.383 e. The topological polar surface area (TPSA) is 39.1 Å². The van der Waals surface area contributed by atoms with E-state index in [-0.39, 0.29) is 0 Å². The number of nitrogens with zero attached hydrogens (tertiary/aromatic N) is 2. The lowest BCUT2D eigenvalue weighted by atomic mass is 10.1. The van der Waals surface area contributed by atoms with Gasteiger partial charge in [-0.15, -0.1) is 0 Å². The Hall–Kier alpha value is -1.03. The van der Waals surface area contributed by atoms with Crippen molar-refractivity contribution in [1.82, 2.24) is 9.55 Å². The van der Waals surface area contributed by atoms with Crippen LogP contribution in [0.5, 0.6) is 0 Å². The summed E-state index contributed by atoms with van der Waals surface area (Å²) >= 11 is 0. The zero-order valence-corrected chi connectivity index (χ0v) is 10.9. The Bertz CT molecular complexity index is 342. The second-order valence-electron chi connectivity index (χ2n) is 4.93. The second kappa shape index (κ2) is 6.05. The van der Waals surface area contributed by atoms with E-state index in [9.17, 15) is 0 Å². The number of aromatic nitrogens is 2. The van der Waals surface area contributed by atoms with E-state index in [1.54, 1.807) is 7.11 Å². The van der Waals surface area contributed by atoms with Gasteiger partial charge in [-0.25, -0.2) is 4.98 Å². The number of hydrogen-bond acceptors (Lipinski definition) is 3. The van der Waals surface area contributed by atoms with E-state index in [1.165, 1.54) is 25.7 Å². The number of hydrogen-bond donors (Lipinski definition) is 1. The van der Waals surface area contributed by atoms with Gasteiger partial charge in [-0.2, -0.15) is 0 Å². The third kappa shape index (κ3) is 3.46. The molecule has 0 atom stereocenters. The zero-order chi connectivity index (χ0) is 12.1. The molecule has 1 heterocycles. The Kier molecular flexibility index (Phi) is 4.42. The van der Waals surface area contributed by atoms with Gasteiger partial charge in [-0.1, -0.05) is 12.8 Å². The standard InChI is InChI=1S/C13H23N3O/c1-11-9-16(10-12-5-3-4-6-12)13(15-11)14-7-8-17-2/h9,12H,3-8,10H2,1-2H3,(H,14,15). The Labute approximate surface area is 103 Å². The van der Waals surface area contributed by atoms with Crippen LogP contribution in [-0.2, 0) is 11.3 Å². The first-order chi connectivity index (χ1) is 8.29. The van der Waals surface area contributed by atoms with E-state index in [4.69, 9.17) is 4.74 Å². The molecule has 2 rings (SSSR count). The van der Waals surface area contributed by atoms with E-state index < -0.39 is 0 Å². The van der Waals surface area contributed by atoms with Gasteiger partial charge < -0.3 is 14.6 Å². The van der Waals surface area contributed by atoms with Crippen LogP contribution in [0.1, 0.15) is 31.4 Å². The molecular formula is C13H23N3O. The Morgan fingerprint density at radius 2 is 2.24 bits per heavy atom. The summed E-state index contributed by atoms with van der Waals surface area (Å²) in [5.41, 5.74) is 1.09. The maximum Gasteiger partial charge on any atom is 0.203 e. The summed E-state index contributed by atoms with van der Waals surface area (Å²) in [4.78, 5) is 4.52. The number of nitrogens with one attached hydrogen (secondary N) is 1. The fourth-order valence-corrected chi connectivity index (χ4v) is 2.56. The first-order valence-electron chi connectivity index (χ1n) is 6.56. The smallest absolute Gasteiger partial charge is 0.203 e. The van der Waals surface area contributed by atoms with Crippen molar-refractivity contribution in [2.24, 2.45) is 5.92 Å². The highest BCUT2D eigenvalue weighted by molar-refractivity contribution is 5.28. The zero-order valence-electron chi connectivity index (χ0n) is 10.9. The van der Waals surface area contributed by atoms with E-state index in [0.29, 0.717) is 0 Å². The van der Waals surface area contributed by atoms with Gasteiger partial charge >= 0.3 is 0 Å². The first-order valence-corrected chi connectivity index (χ1v) is 6.56. The molecule has 0 aliphatic heterocycles. The van der Waals surface area contributed by atoms with Crippen molar-refractivity contribution in [3.8, 4) is 0 Å². The summed E-state index contributed by atoms with van der Waals surface area (Å²) in [7, 11) is 1.72. The van der Waals surface area contributed by atoms with Crippen molar-refractivity contribution in [3.63, 3.8) is 0 Å². The van der Waals surface area contributed by atoms with E-state index in [0.717, 1.165) is 37.3 Å². The number of anilines is 1. The highest BCUT2D eigenvalue weighted by Gasteiger charge is 2.17. The summed E-state index contributed by atoms with van der Waals surface area (Å²) in [5, 5.41) is 3.34. The summed E-state index contributed by atoms with van der Waals surface area (Å²) < 4.78 is 7.31. The molecule has 1 aromatic rings. The molecule has 0 radical (unpaired) electrons. The van der Waals surface area contributed by atoms with Crippen LogP contribution >= 0.6 is 0 Å². The van der Waals surface area contributed by atoms with Crippen LogP contribution < -0.4 is 5.32 Å². The van der Waals surface area contributed by atoms with Crippen LogP contribution in [0.15, 0.2) is 6.20 Å². The molecule has 4 heteroatoms. The predicted molar refractivity (Wildman–Crippen MR) is 69.3 cm³/mol. The molecule has 0 unspecified atom stereocenters. The molecular weight excluding hydrogens is 214 g/mol. The number of imidazole rings is 1. The van der Waals surface area contributed by atoms with Gasteiger partial charge in [0.15, 0.2) is 0 Å². The molecule has 1 aliphatic carbocycles. The Morgan fingerprint density at radius 3 is 2.94 bits per heavy atom. The normalized spacial score (nSPS) is 16.6. The number of aryl methyl sites for hydroxylation is 1. The van der Waals surface area contributed by atoms with Crippen molar-refractivity contribution in [2.45, 2.75) is 39.2 Å². The first kappa shape index (κ1) is 12.4. The highest BCUT2D eigenvalue weighted by atomic mass is 16.5. The second-order valence-corrected chi connectivity index (χ2v) is 4.93. The molecule has 0 spiro atoms. The average molecular weight is 237 g/mol. The van der Waals surface area contributed by atoms with Crippen LogP contribution in [0, 0.1) is 12.8 Å². The molecule has 1 fully saturated rings. The lowest BCUT2D eigenvalue weighted by Gasteiger charge is -2.13. The number of methoxy groups -OCH3 is 1. The SMILES string of the molecule is COCCNc1nc(C)cn1CC1CCCC1. The van der Waals surface area contributed by atoms with E-state index >= 15 is 0 Å². The highest BCUT2D eigenvalue weighted by Crippen LogP contribution is 2.27. The van der Waals surface area contributed by atoms with Gasteiger partial charge in [0, 0.05) is 26.4 Å². The van der Waals surface area contributed by atoms with Crippen molar-refractivity contribution < 1.29 is 4.74 Å². The molecule has 1 N–H and O–H groups in total. The lowest BCUT2D eigenvalue weighted by molar-refractivity contribution is 0.210. The summed E-state index contributed by atoms with van der Waals surface area (Å²) in [6, 6.07) is 0. The maximum atomic E-state index is 5.04. The third-order valence-electron chi connectivity index (χ3n) is 3.42. The van der Waals surface area contributed by atoms with Crippen LogP contribution in [0.2, 0.25) is 0 Å². The summed E-state index contributed by atoms with van der Waals surface area (Å²) in [5.74, 6) is 1.83. The molecule has 0 saturated heterocycles. The summed E-state index contributed by atoms with van der Waals surface area (Å²) in [6.07, 6.45) is 7.67. The number of ether oxygens (including phenoxy) is 1. The molecule has 1 saturated carbocycles. The average Bonchev–Trinajstić information content (AvgIpc) is 2.90. The van der Waals surface area contributed by atoms with Crippen LogP contribution in [0.4, 0.5) is 5.95 Å². The minimum Gasteiger partial charge on any atom is -0.383 e. The minimum absolute atomic E-state index is 0.718. The molecule has 1 aromatic heterocycles. The van der Waals surface area contributed by atoms with Gasteiger partial charge in [0.25, 0.3) is 0 Å². The monoisotopic (exact) mass is 237 g/mol. The van der Waals surface area contributed by atoms with Crippen molar-refractivity contribution >= 4 is 5.95 Å². The predicted octanol–water partition coefficient (Wildman–Crippen LogP) is 2.44. The van der Waals surface area contributed by atoms with Crippen molar-refractivity contribution in [1.29, 1.82) is 0 Å². The van der Waals surface area contributed by atoms with E-state index in [2.05, 4.69) is 21.1 Å². The fourth-order valence-electron chi connectivity index (χ4n) is 2.56. The van der Waals surface area contributed by atoms with Crippen LogP contribution in [-0.4, -0.2) is 29.8 Å². The van der Waals surface area contributed by atoms with Crippen molar-refractivity contribution in [2.75, 3.05) is 25.6 Å². The Morgan fingerprint density at radius 1 is 1.47 bits per heavy atom. The third-order valence-corrected chi connectivity index (χ3v) is 3.42. The van der Waals surface area contributed by atoms with Gasteiger partial charge in [0.2, 0.25) is 5.95 Å². The Balaban J connectivity index is 1.94. The maximum absolute atomic E-state index is 5.04. The molecule has 0 aromatic carbocycles. The van der Waals surface area contributed by atoms with Gasteiger partial charge in [0.05, 0.1) is 12.3 Å². The van der Waals surface area contributed by atoms with E-state index in [1.807, 2.05) is 6.92 Å². The van der Waals surface area contributed by atoms with Crippen molar-refractivity contribution in [3.05, 3.63) is 11.9 Å². The van der Waals surface area contributed by atoms with Gasteiger partial charge in [-0.3, -0.25) is 0 Å². The molecule has 17 heavy (non-hydrogen) atoms. The lowest BCUT2D eigenvalue weighted by Crippen LogP contribution is -2.14. The quantitative estimate of drug-likeness (QED) is 0.772. The fraction of sp³-hybridized carbons (Fsp3) is 0.769. The van der Waals surface area contributed by atoms with Crippen LogP contribution in [0.3, 0.4) is 0 Å². The molecule has 0 amide bonds. The van der Waals surface area contributed by atoms with Gasteiger partial charge in [0.1, 0.15) is 0 Å². The molecule has 0 bridgehead atoms. The van der Waals surface area contributed by atoms with Crippen LogP contribution in [0.25, 0.3) is 0 Å². The molecule has 1 aliphatic rings. The molecule has 96 valence electrons. The molecule has 4 nitrogen and oxygen atoms in total. The summed E-state index contributed by atoms with van der Waals surface area (Å²) in [6.45, 7) is 4.69. The minimum atomic E-state index is 0.718. The van der Waals surface area contributed by atoms with Gasteiger partial charge in [-0.05, 0) is 25.7 Å². The number of rotatable bonds is 6.